The lowest BCUT2D eigenvalue weighted by molar-refractivity contribution is 0.0689. The molecule has 1 aromatic heterocycles. The van der Waals surface area contributed by atoms with Crippen LogP contribution in [0, 0.1) is 19.8 Å². The van der Waals surface area contributed by atoms with Crippen LogP contribution in [-0.2, 0) is 4.74 Å². The SMILES string of the molecule is CCOCC(C(C)C)n1c(C)c(C(=O)O)c(C)cc1=O. The van der Waals surface area contributed by atoms with Gasteiger partial charge in [0.05, 0.1) is 18.2 Å². The van der Waals surface area contributed by atoms with Crippen molar-refractivity contribution in [3.8, 4) is 0 Å². The first-order valence-electron chi connectivity index (χ1n) is 6.85. The minimum Gasteiger partial charge on any atom is -0.478 e. The fraction of sp³-hybridized carbons (Fsp3) is 0.600. The number of aromatic nitrogens is 1. The number of hydrogen-bond donors (Lipinski definition) is 1. The molecule has 5 heteroatoms. The zero-order chi connectivity index (χ0) is 15.4. The molecule has 112 valence electrons. The van der Waals surface area contributed by atoms with Gasteiger partial charge in [-0.15, -0.1) is 0 Å². The van der Waals surface area contributed by atoms with Crippen molar-refractivity contribution in [1.82, 2.24) is 4.57 Å². The van der Waals surface area contributed by atoms with Crippen molar-refractivity contribution in [3.05, 3.63) is 33.2 Å². The van der Waals surface area contributed by atoms with Gasteiger partial charge in [0.25, 0.3) is 5.56 Å². The second kappa shape index (κ2) is 6.70. The van der Waals surface area contributed by atoms with Crippen LogP contribution in [0.4, 0.5) is 0 Å². The van der Waals surface area contributed by atoms with Crippen molar-refractivity contribution in [3.63, 3.8) is 0 Å². The molecule has 0 aliphatic carbocycles. The standard InChI is InChI=1S/C15H23NO4/c1-6-20-8-12(9(2)3)16-11(5)14(15(18)19)10(4)7-13(16)17/h7,9,12H,6,8H2,1-5H3,(H,18,19). The van der Waals surface area contributed by atoms with Gasteiger partial charge in [0.2, 0.25) is 0 Å². The molecule has 0 saturated carbocycles. The largest absolute Gasteiger partial charge is 0.478 e. The highest BCUT2D eigenvalue weighted by atomic mass is 16.5. The normalized spacial score (nSPS) is 12.7. The highest BCUT2D eigenvalue weighted by Gasteiger charge is 2.23. The Morgan fingerprint density at radius 1 is 1.40 bits per heavy atom. The van der Waals surface area contributed by atoms with Gasteiger partial charge in [0.1, 0.15) is 0 Å². The van der Waals surface area contributed by atoms with E-state index in [9.17, 15) is 14.7 Å². The first kappa shape index (κ1) is 16.4. The van der Waals surface area contributed by atoms with E-state index in [1.807, 2.05) is 20.8 Å². The molecule has 5 nitrogen and oxygen atoms in total. The molecule has 1 rings (SSSR count). The molecule has 1 N–H and O–H groups in total. The Morgan fingerprint density at radius 2 is 2.00 bits per heavy atom. The summed E-state index contributed by atoms with van der Waals surface area (Å²) in [5.41, 5.74) is 1.01. The molecule has 0 radical (unpaired) electrons. The summed E-state index contributed by atoms with van der Waals surface area (Å²) in [6.07, 6.45) is 0. The Hall–Kier alpha value is -1.62. The van der Waals surface area contributed by atoms with Crippen molar-refractivity contribution >= 4 is 5.97 Å². The first-order chi connectivity index (χ1) is 9.31. The van der Waals surface area contributed by atoms with E-state index in [0.29, 0.717) is 24.5 Å². The molecule has 0 fully saturated rings. The molecule has 1 heterocycles. The molecular weight excluding hydrogens is 258 g/mol. The number of rotatable bonds is 6. The first-order valence-corrected chi connectivity index (χ1v) is 6.85. The van der Waals surface area contributed by atoms with E-state index in [-0.39, 0.29) is 23.1 Å². The van der Waals surface area contributed by atoms with E-state index in [4.69, 9.17) is 4.74 Å². The van der Waals surface area contributed by atoms with Gasteiger partial charge in [0, 0.05) is 18.4 Å². The van der Waals surface area contributed by atoms with E-state index in [1.54, 1.807) is 18.4 Å². The molecule has 0 spiro atoms. The third-order valence-corrected chi connectivity index (χ3v) is 3.50. The van der Waals surface area contributed by atoms with Gasteiger partial charge in [-0.1, -0.05) is 13.8 Å². The van der Waals surface area contributed by atoms with Gasteiger partial charge in [0.15, 0.2) is 0 Å². The van der Waals surface area contributed by atoms with Crippen molar-refractivity contribution in [2.75, 3.05) is 13.2 Å². The predicted molar refractivity (Wildman–Crippen MR) is 77.5 cm³/mol. The van der Waals surface area contributed by atoms with Crippen LogP contribution in [-0.4, -0.2) is 28.9 Å². The highest BCUT2D eigenvalue weighted by Crippen LogP contribution is 2.21. The molecule has 0 saturated heterocycles. The number of aryl methyl sites for hydroxylation is 1. The van der Waals surface area contributed by atoms with Gasteiger partial charge >= 0.3 is 5.97 Å². The average molecular weight is 281 g/mol. The smallest absolute Gasteiger partial charge is 0.337 e. The number of carbonyl (C=O) groups is 1. The third-order valence-electron chi connectivity index (χ3n) is 3.50. The molecule has 1 unspecified atom stereocenters. The molecule has 1 atom stereocenters. The quantitative estimate of drug-likeness (QED) is 0.869. The summed E-state index contributed by atoms with van der Waals surface area (Å²) in [5.74, 6) is -0.838. The zero-order valence-corrected chi connectivity index (χ0v) is 12.8. The Morgan fingerprint density at radius 3 is 2.45 bits per heavy atom. The third kappa shape index (κ3) is 3.28. The summed E-state index contributed by atoms with van der Waals surface area (Å²) in [4.78, 5) is 23.6. The number of ether oxygens (including phenoxy) is 1. The number of carboxylic acids is 1. The van der Waals surface area contributed by atoms with E-state index < -0.39 is 5.97 Å². The average Bonchev–Trinajstić information content (AvgIpc) is 2.31. The van der Waals surface area contributed by atoms with Crippen LogP contribution >= 0.6 is 0 Å². The number of pyridine rings is 1. The molecule has 0 amide bonds. The van der Waals surface area contributed by atoms with Gasteiger partial charge in [-0.3, -0.25) is 4.79 Å². The van der Waals surface area contributed by atoms with Crippen molar-refractivity contribution in [2.45, 2.75) is 40.7 Å². The summed E-state index contributed by atoms with van der Waals surface area (Å²) < 4.78 is 7.00. The minimum absolute atomic E-state index is 0.166. The maximum absolute atomic E-state index is 12.3. The highest BCUT2D eigenvalue weighted by molar-refractivity contribution is 5.90. The van der Waals surface area contributed by atoms with Crippen LogP contribution in [0.3, 0.4) is 0 Å². The number of nitrogens with zero attached hydrogens (tertiary/aromatic N) is 1. The summed E-state index contributed by atoms with van der Waals surface area (Å²) in [7, 11) is 0. The molecule has 0 aliphatic heterocycles. The lowest BCUT2D eigenvalue weighted by atomic mass is 10.0. The Labute approximate surface area is 119 Å². The fourth-order valence-corrected chi connectivity index (χ4v) is 2.44. The molecule has 0 aromatic carbocycles. The van der Waals surface area contributed by atoms with Gasteiger partial charge in [-0.2, -0.15) is 0 Å². The lowest BCUT2D eigenvalue weighted by Crippen LogP contribution is -2.34. The lowest BCUT2D eigenvalue weighted by Gasteiger charge is -2.26. The Kier molecular flexibility index (Phi) is 5.51. The number of hydrogen-bond acceptors (Lipinski definition) is 3. The summed E-state index contributed by atoms with van der Waals surface area (Å²) in [5, 5.41) is 9.31. The maximum Gasteiger partial charge on any atom is 0.337 e. The topological polar surface area (TPSA) is 68.5 Å². The number of carboxylic acid groups (broad SMARTS) is 1. The number of aromatic carboxylic acids is 1. The van der Waals surface area contributed by atoms with Crippen LogP contribution in [0.2, 0.25) is 0 Å². The summed E-state index contributed by atoms with van der Waals surface area (Å²) in [6.45, 7) is 10.2. The van der Waals surface area contributed by atoms with Crippen molar-refractivity contribution < 1.29 is 14.6 Å². The molecule has 1 aromatic rings. The van der Waals surface area contributed by atoms with Crippen LogP contribution in [0.25, 0.3) is 0 Å². The maximum atomic E-state index is 12.3. The zero-order valence-electron chi connectivity index (χ0n) is 12.8. The van der Waals surface area contributed by atoms with Crippen LogP contribution in [0.5, 0.6) is 0 Å². The minimum atomic E-state index is -1.01. The van der Waals surface area contributed by atoms with E-state index in [1.165, 1.54) is 6.07 Å². The Balaban J connectivity index is 3.45. The molecular formula is C15H23NO4. The second-order valence-electron chi connectivity index (χ2n) is 5.27. The molecule has 0 aliphatic rings. The second-order valence-corrected chi connectivity index (χ2v) is 5.27. The van der Waals surface area contributed by atoms with E-state index in [2.05, 4.69) is 0 Å². The van der Waals surface area contributed by atoms with Crippen LogP contribution < -0.4 is 5.56 Å². The summed E-state index contributed by atoms with van der Waals surface area (Å²) in [6, 6.07) is 1.22. The van der Waals surface area contributed by atoms with Gasteiger partial charge in [-0.05, 0) is 32.3 Å². The van der Waals surface area contributed by atoms with Crippen LogP contribution in [0.1, 0.15) is 48.4 Å². The van der Waals surface area contributed by atoms with E-state index >= 15 is 0 Å². The van der Waals surface area contributed by atoms with Gasteiger partial charge < -0.3 is 14.4 Å². The monoisotopic (exact) mass is 281 g/mol. The molecule has 20 heavy (non-hydrogen) atoms. The van der Waals surface area contributed by atoms with Crippen LogP contribution in [0.15, 0.2) is 10.9 Å². The molecule has 0 bridgehead atoms. The van der Waals surface area contributed by atoms with E-state index in [0.717, 1.165) is 0 Å². The predicted octanol–water partition coefficient (Wildman–Crippen LogP) is 2.40. The van der Waals surface area contributed by atoms with Crippen molar-refractivity contribution in [2.24, 2.45) is 5.92 Å². The fourth-order valence-electron chi connectivity index (χ4n) is 2.44. The Bertz CT molecular complexity index is 546. The van der Waals surface area contributed by atoms with Crippen molar-refractivity contribution in [1.29, 1.82) is 0 Å². The van der Waals surface area contributed by atoms with Gasteiger partial charge in [-0.25, -0.2) is 4.79 Å². The summed E-state index contributed by atoms with van der Waals surface area (Å²) >= 11 is 0.